The Labute approximate surface area is 161 Å². The molecule has 27 heavy (non-hydrogen) atoms. The third-order valence-corrected chi connectivity index (χ3v) is 7.07. The molecule has 0 radical (unpaired) electrons. The Morgan fingerprint density at radius 3 is 2.33 bits per heavy atom. The molecular weight excluding hydrogens is 334 g/mol. The summed E-state index contributed by atoms with van der Waals surface area (Å²) in [6.07, 6.45) is 10.7. The number of hydrogen-bond donors (Lipinski definition) is 1. The normalized spacial score (nSPS) is 31.2. The summed E-state index contributed by atoms with van der Waals surface area (Å²) in [7, 11) is 0. The lowest BCUT2D eigenvalue weighted by atomic mass is 9.49. The van der Waals surface area contributed by atoms with Gasteiger partial charge in [0.2, 0.25) is 5.91 Å². The molecule has 0 unspecified atom stereocenters. The molecule has 0 aliphatic heterocycles. The summed E-state index contributed by atoms with van der Waals surface area (Å²) in [6, 6.07) is 10.4. The fraction of sp³-hybridized carbons (Fsp3) is 0.565. The number of benzene rings is 1. The first-order valence-corrected chi connectivity index (χ1v) is 10.4. The van der Waals surface area contributed by atoms with Crippen LogP contribution >= 0.6 is 0 Å². The number of nitrogens with zero attached hydrogens (tertiary/aromatic N) is 2. The molecule has 4 heteroatoms. The number of aromatic nitrogens is 2. The van der Waals surface area contributed by atoms with Crippen molar-refractivity contribution in [2.75, 3.05) is 5.32 Å². The van der Waals surface area contributed by atoms with Crippen LogP contribution in [0.25, 0.3) is 0 Å². The molecule has 4 saturated carbocycles. The van der Waals surface area contributed by atoms with E-state index >= 15 is 0 Å². The van der Waals surface area contributed by atoms with Crippen molar-refractivity contribution in [2.45, 2.75) is 58.4 Å². The average Bonchev–Trinajstić information content (AvgIpc) is 3.02. The highest BCUT2D eigenvalue weighted by atomic mass is 16.1. The van der Waals surface area contributed by atoms with Crippen molar-refractivity contribution in [3.8, 4) is 0 Å². The maximum atomic E-state index is 12.7. The highest BCUT2D eigenvalue weighted by Gasteiger charge is 2.51. The second-order valence-electron chi connectivity index (χ2n) is 9.53. The number of hydrogen-bond acceptors (Lipinski definition) is 2. The van der Waals surface area contributed by atoms with E-state index in [1.165, 1.54) is 49.7 Å². The van der Waals surface area contributed by atoms with Gasteiger partial charge in [-0.3, -0.25) is 9.48 Å². The van der Waals surface area contributed by atoms with E-state index in [1.807, 2.05) is 16.9 Å². The number of aryl methyl sites for hydroxylation is 1. The minimum absolute atomic E-state index is 0.150. The molecule has 4 fully saturated rings. The van der Waals surface area contributed by atoms with Gasteiger partial charge in [-0.25, -0.2) is 0 Å². The molecule has 142 valence electrons. The van der Waals surface area contributed by atoms with Gasteiger partial charge in [0.1, 0.15) is 0 Å². The summed E-state index contributed by atoms with van der Waals surface area (Å²) in [5.41, 5.74) is 2.76. The van der Waals surface area contributed by atoms with Gasteiger partial charge in [-0.15, -0.1) is 0 Å². The number of rotatable bonds is 5. The predicted molar refractivity (Wildman–Crippen MR) is 106 cm³/mol. The minimum Gasteiger partial charge on any atom is -0.309 e. The number of amides is 1. The standard InChI is InChI=1S/C23H29N3O/c1-16-2-4-17(5-3-16)15-26-7-6-21(25-26)24-22(27)14-23-11-18-8-19(12-23)10-20(9-18)13-23/h2-7,18-20H,8-15H2,1H3,(H,24,25,27). The maximum Gasteiger partial charge on any atom is 0.226 e. The monoisotopic (exact) mass is 363 g/mol. The van der Waals surface area contributed by atoms with E-state index in [0.717, 1.165) is 24.3 Å². The predicted octanol–water partition coefficient (Wildman–Crippen LogP) is 4.78. The van der Waals surface area contributed by atoms with Crippen LogP contribution in [0.15, 0.2) is 36.5 Å². The summed E-state index contributed by atoms with van der Waals surface area (Å²) in [5.74, 6) is 3.49. The molecule has 1 amide bonds. The van der Waals surface area contributed by atoms with Crippen molar-refractivity contribution >= 4 is 11.7 Å². The van der Waals surface area contributed by atoms with Crippen molar-refractivity contribution in [3.63, 3.8) is 0 Å². The van der Waals surface area contributed by atoms with Crippen LogP contribution in [0.5, 0.6) is 0 Å². The number of anilines is 1. The second kappa shape index (κ2) is 6.50. The Balaban J connectivity index is 1.20. The smallest absolute Gasteiger partial charge is 0.226 e. The molecule has 4 aliphatic carbocycles. The third kappa shape index (κ3) is 3.54. The zero-order valence-corrected chi connectivity index (χ0v) is 16.2. The van der Waals surface area contributed by atoms with Gasteiger partial charge in [-0.05, 0) is 74.2 Å². The largest absolute Gasteiger partial charge is 0.309 e. The van der Waals surface area contributed by atoms with Gasteiger partial charge in [-0.2, -0.15) is 5.10 Å². The first-order chi connectivity index (χ1) is 13.1. The van der Waals surface area contributed by atoms with Crippen LogP contribution < -0.4 is 5.32 Å². The van der Waals surface area contributed by atoms with Crippen LogP contribution in [0.4, 0.5) is 5.82 Å². The molecule has 2 aromatic rings. The number of nitrogens with one attached hydrogen (secondary N) is 1. The molecule has 4 nitrogen and oxygen atoms in total. The third-order valence-electron chi connectivity index (χ3n) is 7.07. The summed E-state index contributed by atoms with van der Waals surface area (Å²) in [6.45, 7) is 2.82. The molecule has 0 spiro atoms. The average molecular weight is 364 g/mol. The van der Waals surface area contributed by atoms with E-state index in [0.29, 0.717) is 12.2 Å². The summed E-state index contributed by atoms with van der Waals surface area (Å²) in [4.78, 5) is 12.7. The van der Waals surface area contributed by atoms with Crippen molar-refractivity contribution < 1.29 is 4.79 Å². The van der Waals surface area contributed by atoms with Crippen molar-refractivity contribution in [3.05, 3.63) is 47.7 Å². The van der Waals surface area contributed by atoms with E-state index in [1.54, 1.807) is 0 Å². The van der Waals surface area contributed by atoms with Crippen LogP contribution in [0.3, 0.4) is 0 Å². The molecule has 6 rings (SSSR count). The van der Waals surface area contributed by atoms with Crippen LogP contribution in [-0.4, -0.2) is 15.7 Å². The van der Waals surface area contributed by atoms with Gasteiger partial charge < -0.3 is 5.32 Å². The van der Waals surface area contributed by atoms with Gasteiger partial charge in [0.05, 0.1) is 6.54 Å². The maximum absolute atomic E-state index is 12.7. The van der Waals surface area contributed by atoms with Crippen molar-refractivity contribution in [1.29, 1.82) is 0 Å². The highest BCUT2D eigenvalue weighted by Crippen LogP contribution is 2.61. The van der Waals surface area contributed by atoms with E-state index in [-0.39, 0.29) is 11.3 Å². The van der Waals surface area contributed by atoms with Gasteiger partial charge in [0.15, 0.2) is 5.82 Å². The van der Waals surface area contributed by atoms with E-state index in [9.17, 15) is 4.79 Å². The second-order valence-corrected chi connectivity index (χ2v) is 9.53. The molecule has 1 heterocycles. The number of carbonyl (C=O) groups is 1. The number of carbonyl (C=O) groups excluding carboxylic acids is 1. The Kier molecular flexibility index (Phi) is 4.10. The fourth-order valence-electron chi connectivity index (χ4n) is 6.43. The van der Waals surface area contributed by atoms with E-state index < -0.39 is 0 Å². The molecular formula is C23H29N3O. The van der Waals surface area contributed by atoms with Crippen molar-refractivity contribution in [1.82, 2.24) is 9.78 Å². The van der Waals surface area contributed by atoms with Crippen LogP contribution in [0.1, 0.15) is 56.1 Å². The molecule has 0 saturated heterocycles. The van der Waals surface area contributed by atoms with Crippen molar-refractivity contribution in [2.24, 2.45) is 23.2 Å². The first kappa shape index (κ1) is 17.0. The molecule has 4 aliphatic rings. The fourth-order valence-corrected chi connectivity index (χ4v) is 6.43. The quantitative estimate of drug-likeness (QED) is 0.830. The zero-order valence-electron chi connectivity index (χ0n) is 16.2. The lowest BCUT2D eigenvalue weighted by Crippen LogP contribution is -2.47. The summed E-state index contributed by atoms with van der Waals surface area (Å²) in [5, 5.41) is 7.61. The Morgan fingerprint density at radius 1 is 1.07 bits per heavy atom. The topological polar surface area (TPSA) is 46.9 Å². The van der Waals surface area contributed by atoms with E-state index in [2.05, 4.69) is 41.6 Å². The SMILES string of the molecule is Cc1ccc(Cn2ccc(NC(=O)CC34CC5CC(CC(C5)C3)C4)n2)cc1. The zero-order chi connectivity index (χ0) is 18.4. The highest BCUT2D eigenvalue weighted by molar-refractivity contribution is 5.90. The Bertz CT molecular complexity index is 800. The molecule has 1 N–H and O–H groups in total. The Morgan fingerprint density at radius 2 is 1.70 bits per heavy atom. The van der Waals surface area contributed by atoms with Crippen LogP contribution in [-0.2, 0) is 11.3 Å². The van der Waals surface area contributed by atoms with Gasteiger partial charge >= 0.3 is 0 Å². The summed E-state index contributed by atoms with van der Waals surface area (Å²) < 4.78 is 1.89. The minimum atomic E-state index is 0.150. The molecule has 1 aromatic carbocycles. The van der Waals surface area contributed by atoms with E-state index in [4.69, 9.17) is 0 Å². The van der Waals surface area contributed by atoms with Crippen LogP contribution in [0.2, 0.25) is 0 Å². The lowest BCUT2D eigenvalue weighted by Gasteiger charge is -2.56. The Hall–Kier alpha value is -2.10. The van der Waals surface area contributed by atoms with Gasteiger partial charge in [0, 0.05) is 18.7 Å². The van der Waals surface area contributed by atoms with Gasteiger partial charge in [0.25, 0.3) is 0 Å². The lowest BCUT2D eigenvalue weighted by molar-refractivity contribution is -0.124. The first-order valence-electron chi connectivity index (χ1n) is 10.4. The molecule has 1 aromatic heterocycles. The van der Waals surface area contributed by atoms with Gasteiger partial charge in [-0.1, -0.05) is 29.8 Å². The van der Waals surface area contributed by atoms with Crippen LogP contribution in [0, 0.1) is 30.1 Å². The molecule has 4 bridgehead atoms. The molecule has 0 atom stereocenters. The summed E-state index contributed by atoms with van der Waals surface area (Å²) >= 11 is 0.